The van der Waals surface area contributed by atoms with Crippen LogP contribution < -0.4 is 10.6 Å². The first-order valence-corrected chi connectivity index (χ1v) is 7.37. The van der Waals surface area contributed by atoms with E-state index in [-0.39, 0.29) is 5.91 Å². The molecule has 0 unspecified atom stereocenters. The molecule has 0 aliphatic rings. The number of benzene rings is 1. The molecule has 1 aromatic rings. The molecule has 0 fully saturated rings. The molecule has 2 N–H and O–H groups in total. The topological polar surface area (TPSA) is 50.4 Å². The van der Waals surface area contributed by atoms with Gasteiger partial charge in [0.2, 0.25) is 0 Å². The zero-order valence-corrected chi connectivity index (χ0v) is 12.9. The minimum Gasteiger partial charge on any atom is -0.385 e. The zero-order valence-electron chi connectivity index (χ0n) is 12.2. The average molecular weight is 299 g/mol. The lowest BCUT2D eigenvalue weighted by molar-refractivity contribution is 0.0953. The molecular formula is C15H23ClN2O2. The van der Waals surface area contributed by atoms with E-state index >= 15 is 0 Å². The molecule has 0 saturated heterocycles. The summed E-state index contributed by atoms with van der Waals surface area (Å²) >= 11 is 5.96. The van der Waals surface area contributed by atoms with Crippen LogP contribution in [0.4, 0.5) is 5.69 Å². The van der Waals surface area contributed by atoms with Crippen molar-refractivity contribution in [3.05, 3.63) is 28.8 Å². The van der Waals surface area contributed by atoms with E-state index < -0.39 is 0 Å². The summed E-state index contributed by atoms with van der Waals surface area (Å²) in [5.74, 6) is -0.0878. The number of ether oxygens (including phenoxy) is 1. The van der Waals surface area contributed by atoms with Gasteiger partial charge in [0.15, 0.2) is 0 Å². The van der Waals surface area contributed by atoms with E-state index in [1.807, 2.05) is 13.0 Å². The minimum atomic E-state index is -0.0878. The summed E-state index contributed by atoms with van der Waals surface area (Å²) < 4.78 is 4.98. The maximum Gasteiger partial charge on any atom is 0.253 e. The highest BCUT2D eigenvalue weighted by atomic mass is 35.5. The Morgan fingerprint density at radius 3 is 2.80 bits per heavy atom. The zero-order chi connectivity index (χ0) is 14.8. The maximum absolute atomic E-state index is 12.1. The Kier molecular flexibility index (Phi) is 8.07. The average Bonchev–Trinajstić information content (AvgIpc) is 2.44. The number of hydrogen-bond donors (Lipinski definition) is 2. The van der Waals surface area contributed by atoms with E-state index in [9.17, 15) is 4.79 Å². The van der Waals surface area contributed by atoms with E-state index in [1.165, 1.54) is 0 Å². The fourth-order valence-corrected chi connectivity index (χ4v) is 2.07. The van der Waals surface area contributed by atoms with E-state index in [4.69, 9.17) is 16.3 Å². The second-order valence-corrected chi connectivity index (χ2v) is 4.97. The molecular weight excluding hydrogens is 276 g/mol. The van der Waals surface area contributed by atoms with Gasteiger partial charge >= 0.3 is 0 Å². The van der Waals surface area contributed by atoms with Gasteiger partial charge in [-0.3, -0.25) is 4.79 Å². The summed E-state index contributed by atoms with van der Waals surface area (Å²) in [4.78, 5) is 12.1. The molecule has 0 bridgehead atoms. The van der Waals surface area contributed by atoms with Crippen molar-refractivity contribution in [2.45, 2.75) is 26.2 Å². The van der Waals surface area contributed by atoms with Gasteiger partial charge in [-0.05, 0) is 44.4 Å². The standard InChI is InChI=1S/C15H23ClN2O2/c1-3-17-14-8-7-12(16)11-13(14)15(19)18-9-5-4-6-10-20-2/h7-8,11,17H,3-6,9-10H2,1-2H3,(H,18,19). The second kappa shape index (κ2) is 9.61. The minimum absolute atomic E-state index is 0.0878. The van der Waals surface area contributed by atoms with Gasteiger partial charge in [0.1, 0.15) is 0 Å². The summed E-state index contributed by atoms with van der Waals surface area (Å²) in [5, 5.41) is 6.66. The van der Waals surface area contributed by atoms with Crippen LogP contribution in [0.5, 0.6) is 0 Å². The second-order valence-electron chi connectivity index (χ2n) is 4.53. The third-order valence-electron chi connectivity index (χ3n) is 2.90. The smallest absolute Gasteiger partial charge is 0.253 e. The highest BCUT2D eigenvalue weighted by Crippen LogP contribution is 2.20. The highest BCUT2D eigenvalue weighted by molar-refractivity contribution is 6.31. The lowest BCUT2D eigenvalue weighted by Crippen LogP contribution is -2.25. The first-order chi connectivity index (χ1) is 9.69. The van der Waals surface area contributed by atoms with Crippen LogP contribution in [0.1, 0.15) is 36.5 Å². The van der Waals surface area contributed by atoms with Crippen LogP contribution in [0, 0.1) is 0 Å². The van der Waals surface area contributed by atoms with Crippen LogP contribution in [0.2, 0.25) is 5.02 Å². The molecule has 0 atom stereocenters. The van der Waals surface area contributed by atoms with Crippen LogP contribution in [0.25, 0.3) is 0 Å². The number of amides is 1. The fraction of sp³-hybridized carbons (Fsp3) is 0.533. The first kappa shape index (κ1) is 16.8. The summed E-state index contributed by atoms with van der Waals surface area (Å²) in [6.07, 6.45) is 3.02. The van der Waals surface area contributed by atoms with E-state index in [0.717, 1.165) is 38.1 Å². The van der Waals surface area contributed by atoms with Gasteiger partial charge in [0, 0.05) is 37.5 Å². The Labute approximate surface area is 125 Å². The van der Waals surface area contributed by atoms with Gasteiger partial charge in [0.25, 0.3) is 5.91 Å². The number of anilines is 1. The van der Waals surface area contributed by atoms with Crippen LogP contribution in [-0.2, 0) is 4.74 Å². The van der Waals surface area contributed by atoms with E-state index in [2.05, 4.69) is 10.6 Å². The molecule has 0 aliphatic heterocycles. The molecule has 0 aliphatic carbocycles. The van der Waals surface area contributed by atoms with E-state index in [1.54, 1.807) is 19.2 Å². The first-order valence-electron chi connectivity index (χ1n) is 6.99. The van der Waals surface area contributed by atoms with Gasteiger partial charge in [-0.1, -0.05) is 11.6 Å². The lowest BCUT2D eigenvalue weighted by atomic mass is 10.1. The molecule has 1 amide bonds. The van der Waals surface area contributed by atoms with Gasteiger partial charge in [0.05, 0.1) is 5.56 Å². The van der Waals surface area contributed by atoms with Crippen molar-refractivity contribution in [2.24, 2.45) is 0 Å². The molecule has 0 heterocycles. The predicted molar refractivity (Wildman–Crippen MR) is 83.7 cm³/mol. The lowest BCUT2D eigenvalue weighted by Gasteiger charge is -2.11. The quantitative estimate of drug-likeness (QED) is 0.688. The summed E-state index contributed by atoms with van der Waals surface area (Å²) in [7, 11) is 1.70. The van der Waals surface area contributed by atoms with Crippen molar-refractivity contribution in [3.63, 3.8) is 0 Å². The number of carbonyl (C=O) groups excluding carboxylic acids is 1. The number of methoxy groups -OCH3 is 1. The molecule has 0 radical (unpaired) electrons. The molecule has 112 valence electrons. The molecule has 5 heteroatoms. The van der Waals surface area contributed by atoms with Crippen molar-refractivity contribution < 1.29 is 9.53 Å². The number of carbonyl (C=O) groups is 1. The molecule has 0 saturated carbocycles. The monoisotopic (exact) mass is 298 g/mol. The Balaban J connectivity index is 2.47. The number of hydrogen-bond acceptors (Lipinski definition) is 3. The van der Waals surface area contributed by atoms with Gasteiger partial charge in [-0.15, -0.1) is 0 Å². The molecule has 1 rings (SSSR count). The van der Waals surface area contributed by atoms with Crippen molar-refractivity contribution >= 4 is 23.2 Å². The molecule has 20 heavy (non-hydrogen) atoms. The number of unbranched alkanes of at least 4 members (excludes halogenated alkanes) is 2. The Hall–Kier alpha value is -1.26. The normalized spacial score (nSPS) is 10.3. The number of nitrogens with one attached hydrogen (secondary N) is 2. The van der Waals surface area contributed by atoms with Crippen LogP contribution in [0.3, 0.4) is 0 Å². The molecule has 1 aromatic carbocycles. The Bertz CT molecular complexity index is 424. The van der Waals surface area contributed by atoms with Crippen molar-refractivity contribution in [1.82, 2.24) is 5.32 Å². The van der Waals surface area contributed by atoms with Crippen LogP contribution in [0.15, 0.2) is 18.2 Å². The third kappa shape index (κ3) is 5.80. The van der Waals surface area contributed by atoms with Crippen molar-refractivity contribution in [3.8, 4) is 0 Å². The van der Waals surface area contributed by atoms with Gasteiger partial charge in [-0.2, -0.15) is 0 Å². The number of halogens is 1. The van der Waals surface area contributed by atoms with E-state index in [0.29, 0.717) is 17.1 Å². The Morgan fingerprint density at radius 1 is 1.30 bits per heavy atom. The summed E-state index contributed by atoms with van der Waals surface area (Å²) in [6, 6.07) is 5.31. The van der Waals surface area contributed by atoms with Crippen LogP contribution >= 0.6 is 11.6 Å². The van der Waals surface area contributed by atoms with Gasteiger partial charge < -0.3 is 15.4 Å². The van der Waals surface area contributed by atoms with Crippen molar-refractivity contribution in [1.29, 1.82) is 0 Å². The molecule has 4 nitrogen and oxygen atoms in total. The van der Waals surface area contributed by atoms with Crippen molar-refractivity contribution in [2.75, 3.05) is 32.1 Å². The summed E-state index contributed by atoms with van der Waals surface area (Å²) in [6.45, 7) is 4.19. The maximum atomic E-state index is 12.1. The fourth-order valence-electron chi connectivity index (χ4n) is 1.89. The molecule has 0 aromatic heterocycles. The predicted octanol–water partition coefficient (Wildman–Crippen LogP) is 3.32. The highest BCUT2D eigenvalue weighted by Gasteiger charge is 2.11. The largest absolute Gasteiger partial charge is 0.385 e. The molecule has 0 spiro atoms. The third-order valence-corrected chi connectivity index (χ3v) is 3.14. The van der Waals surface area contributed by atoms with Crippen LogP contribution in [-0.4, -0.2) is 32.7 Å². The van der Waals surface area contributed by atoms with Gasteiger partial charge in [-0.25, -0.2) is 0 Å². The Morgan fingerprint density at radius 2 is 2.10 bits per heavy atom. The SMILES string of the molecule is CCNc1ccc(Cl)cc1C(=O)NCCCCCOC. The summed E-state index contributed by atoms with van der Waals surface area (Å²) in [5.41, 5.74) is 1.41. The number of rotatable bonds is 9.